The molecule has 3 heteroatoms. The topological polar surface area (TPSA) is 29.9 Å². The van der Waals surface area contributed by atoms with Gasteiger partial charge in [0.15, 0.2) is 0 Å². The molecule has 0 saturated heterocycles. The highest BCUT2D eigenvalue weighted by atomic mass is 15.3. The molecule has 0 radical (unpaired) electrons. The van der Waals surface area contributed by atoms with Crippen molar-refractivity contribution >= 4 is 0 Å². The lowest BCUT2D eigenvalue weighted by atomic mass is 9.80. The number of hydrogen-bond donors (Lipinski definition) is 1. The average molecular weight is 235 g/mol. The van der Waals surface area contributed by atoms with Crippen molar-refractivity contribution in [2.24, 2.45) is 13.0 Å². The van der Waals surface area contributed by atoms with Crippen LogP contribution in [0.2, 0.25) is 0 Å². The summed E-state index contributed by atoms with van der Waals surface area (Å²) in [6.45, 7) is 2.16. The van der Waals surface area contributed by atoms with E-state index in [9.17, 15) is 0 Å². The van der Waals surface area contributed by atoms with Gasteiger partial charge in [-0.3, -0.25) is 4.68 Å². The summed E-state index contributed by atoms with van der Waals surface area (Å²) in [5.41, 5.74) is 2.57. The van der Waals surface area contributed by atoms with Gasteiger partial charge < -0.3 is 5.32 Å². The molecule has 0 aliphatic heterocycles. The normalized spacial score (nSPS) is 18.1. The van der Waals surface area contributed by atoms with E-state index in [1.807, 2.05) is 4.68 Å². The summed E-state index contributed by atoms with van der Waals surface area (Å²) in [5, 5.41) is 7.98. The van der Waals surface area contributed by atoms with Gasteiger partial charge in [0.1, 0.15) is 0 Å². The Labute approximate surface area is 105 Å². The predicted molar refractivity (Wildman–Crippen MR) is 71.1 cm³/mol. The van der Waals surface area contributed by atoms with Crippen molar-refractivity contribution in [3.8, 4) is 0 Å². The number of nitrogens with zero attached hydrogens (tertiary/aromatic N) is 2. The van der Waals surface area contributed by atoms with Crippen LogP contribution in [0.4, 0.5) is 0 Å². The van der Waals surface area contributed by atoms with E-state index in [-0.39, 0.29) is 0 Å². The molecule has 1 aromatic heterocycles. The lowest BCUT2D eigenvalue weighted by Crippen LogP contribution is -2.32. The predicted octanol–water partition coefficient (Wildman–Crippen LogP) is 2.30. The van der Waals surface area contributed by atoms with Crippen LogP contribution in [0.25, 0.3) is 0 Å². The van der Waals surface area contributed by atoms with Crippen LogP contribution in [-0.4, -0.2) is 22.9 Å². The van der Waals surface area contributed by atoms with Crippen LogP contribution >= 0.6 is 0 Å². The molecule has 2 rings (SSSR count). The molecule has 1 aliphatic rings. The Morgan fingerprint density at radius 2 is 2.29 bits per heavy atom. The van der Waals surface area contributed by atoms with E-state index in [4.69, 9.17) is 0 Å². The number of rotatable bonds is 6. The lowest BCUT2D eigenvalue weighted by molar-refractivity contribution is 0.262. The van der Waals surface area contributed by atoms with Gasteiger partial charge in [-0.05, 0) is 31.9 Å². The maximum atomic E-state index is 4.52. The van der Waals surface area contributed by atoms with Crippen LogP contribution in [0.5, 0.6) is 0 Å². The van der Waals surface area contributed by atoms with Gasteiger partial charge in [-0.2, -0.15) is 5.10 Å². The zero-order chi connectivity index (χ0) is 12.3. The fraction of sp³-hybridized carbons (Fsp3) is 0.786. The summed E-state index contributed by atoms with van der Waals surface area (Å²) < 4.78 is 2.05. The lowest BCUT2D eigenvalue weighted by Gasteiger charge is -2.29. The maximum absolute atomic E-state index is 4.52. The summed E-state index contributed by atoms with van der Waals surface area (Å²) in [6, 6.07) is 2.87. The van der Waals surface area contributed by atoms with Crippen LogP contribution in [0.3, 0.4) is 0 Å². The molecule has 1 atom stereocenters. The van der Waals surface area contributed by atoms with Crippen LogP contribution in [-0.2, 0) is 19.9 Å². The molecule has 1 heterocycles. The highest BCUT2D eigenvalue weighted by Crippen LogP contribution is 2.31. The minimum atomic E-state index is 0.611. The molecule has 3 nitrogen and oxygen atoms in total. The fourth-order valence-corrected chi connectivity index (χ4v) is 2.62. The largest absolute Gasteiger partial charge is 0.317 e. The van der Waals surface area contributed by atoms with E-state index in [1.54, 1.807) is 0 Å². The third-order valence-electron chi connectivity index (χ3n) is 4.10. The highest BCUT2D eigenvalue weighted by molar-refractivity contribution is 5.11. The smallest absolute Gasteiger partial charge is 0.0624 e. The van der Waals surface area contributed by atoms with Crippen LogP contribution in [0.15, 0.2) is 6.07 Å². The quantitative estimate of drug-likeness (QED) is 0.820. The third-order valence-corrected chi connectivity index (χ3v) is 4.10. The van der Waals surface area contributed by atoms with E-state index in [0.29, 0.717) is 6.04 Å². The molecule has 1 fully saturated rings. The summed E-state index contributed by atoms with van der Waals surface area (Å²) in [7, 11) is 4.14. The first-order chi connectivity index (χ1) is 8.22. The van der Waals surface area contributed by atoms with Crippen molar-refractivity contribution < 1.29 is 0 Å². The molecule has 1 saturated carbocycles. The Morgan fingerprint density at radius 3 is 2.76 bits per heavy atom. The third kappa shape index (κ3) is 3.09. The van der Waals surface area contributed by atoms with E-state index in [0.717, 1.165) is 18.8 Å². The van der Waals surface area contributed by atoms with Crippen molar-refractivity contribution in [3.63, 3.8) is 0 Å². The number of likely N-dealkylation sites (N-methyl/N-ethyl adjacent to an activating group) is 1. The molecule has 0 amide bonds. The molecule has 96 valence electrons. The summed E-state index contributed by atoms with van der Waals surface area (Å²) in [5.74, 6) is 0.964. The standard InChI is InChI=1S/C14H25N3/c1-4-12-9-14(17(3)16-12)10-13(15-2)8-11-6-5-7-11/h9,11,13,15H,4-8,10H2,1-3H3. The number of aromatic nitrogens is 2. The highest BCUT2D eigenvalue weighted by Gasteiger charge is 2.22. The second-order valence-corrected chi connectivity index (χ2v) is 5.33. The van der Waals surface area contributed by atoms with Gasteiger partial charge in [0.05, 0.1) is 5.69 Å². The van der Waals surface area contributed by atoms with Crippen molar-refractivity contribution in [2.75, 3.05) is 7.05 Å². The van der Waals surface area contributed by atoms with E-state index >= 15 is 0 Å². The molecule has 1 aliphatic carbocycles. The molecule has 0 bridgehead atoms. The molecule has 1 aromatic rings. The van der Waals surface area contributed by atoms with E-state index in [2.05, 4.69) is 37.5 Å². The van der Waals surface area contributed by atoms with E-state index in [1.165, 1.54) is 37.1 Å². The Kier molecular flexibility index (Phi) is 4.21. The number of hydrogen-bond acceptors (Lipinski definition) is 2. The maximum Gasteiger partial charge on any atom is 0.0624 e. The monoisotopic (exact) mass is 235 g/mol. The van der Waals surface area contributed by atoms with Gasteiger partial charge in [0.25, 0.3) is 0 Å². The SMILES string of the molecule is CCc1cc(CC(CC2CCC2)NC)n(C)n1. The molecule has 0 aromatic carbocycles. The molecule has 17 heavy (non-hydrogen) atoms. The van der Waals surface area contributed by atoms with Gasteiger partial charge in [-0.25, -0.2) is 0 Å². The van der Waals surface area contributed by atoms with Crippen LogP contribution in [0.1, 0.15) is 44.0 Å². The van der Waals surface area contributed by atoms with Gasteiger partial charge in [0.2, 0.25) is 0 Å². The Hall–Kier alpha value is -0.830. The molecule has 1 N–H and O–H groups in total. The van der Waals surface area contributed by atoms with Crippen molar-refractivity contribution in [1.82, 2.24) is 15.1 Å². The molecular formula is C14H25N3. The summed E-state index contributed by atoms with van der Waals surface area (Å²) in [6.07, 6.45) is 7.76. The minimum absolute atomic E-state index is 0.611. The summed E-state index contributed by atoms with van der Waals surface area (Å²) >= 11 is 0. The van der Waals surface area contributed by atoms with Gasteiger partial charge >= 0.3 is 0 Å². The van der Waals surface area contributed by atoms with Crippen molar-refractivity contribution in [1.29, 1.82) is 0 Å². The first-order valence-corrected chi connectivity index (χ1v) is 6.92. The Morgan fingerprint density at radius 1 is 1.53 bits per heavy atom. The zero-order valence-electron chi connectivity index (χ0n) is 11.4. The van der Waals surface area contributed by atoms with Gasteiger partial charge in [0, 0.05) is 25.2 Å². The van der Waals surface area contributed by atoms with Crippen LogP contribution < -0.4 is 5.32 Å². The second-order valence-electron chi connectivity index (χ2n) is 5.33. The van der Waals surface area contributed by atoms with E-state index < -0.39 is 0 Å². The second kappa shape index (κ2) is 5.67. The number of aryl methyl sites for hydroxylation is 2. The Balaban J connectivity index is 1.93. The van der Waals surface area contributed by atoms with Crippen molar-refractivity contribution in [3.05, 3.63) is 17.5 Å². The zero-order valence-corrected chi connectivity index (χ0v) is 11.4. The number of nitrogens with one attached hydrogen (secondary N) is 1. The molecular weight excluding hydrogens is 210 g/mol. The van der Waals surface area contributed by atoms with Crippen molar-refractivity contribution in [2.45, 2.75) is 51.5 Å². The molecule has 0 spiro atoms. The molecule has 1 unspecified atom stereocenters. The van der Waals surface area contributed by atoms with Gasteiger partial charge in [-0.1, -0.05) is 26.2 Å². The first-order valence-electron chi connectivity index (χ1n) is 6.92. The summed E-state index contributed by atoms with van der Waals surface area (Å²) in [4.78, 5) is 0. The average Bonchev–Trinajstić information content (AvgIpc) is 2.62. The fourth-order valence-electron chi connectivity index (χ4n) is 2.62. The van der Waals surface area contributed by atoms with Gasteiger partial charge in [-0.15, -0.1) is 0 Å². The van der Waals surface area contributed by atoms with Crippen LogP contribution in [0, 0.1) is 5.92 Å². The Bertz CT molecular complexity index is 352. The first kappa shape index (κ1) is 12.6. The minimum Gasteiger partial charge on any atom is -0.317 e.